The van der Waals surface area contributed by atoms with Gasteiger partial charge in [0, 0.05) is 29.7 Å². The number of carbonyl (C=O) groups excluding carboxylic acids is 3. The molecule has 2 aliphatic heterocycles. The average molecular weight is 341 g/mol. The summed E-state index contributed by atoms with van der Waals surface area (Å²) in [6, 6.07) is -0.0760. The summed E-state index contributed by atoms with van der Waals surface area (Å²) in [6.07, 6.45) is 9.74. The van der Waals surface area contributed by atoms with Crippen molar-refractivity contribution in [2.75, 3.05) is 6.54 Å². The number of piperidine rings is 1. The molecular weight excluding hydrogens is 318 g/mol. The van der Waals surface area contributed by atoms with Crippen LogP contribution in [0.15, 0.2) is 12.2 Å². The minimum Gasteiger partial charge on any atom is -0.436 e. The molecular formula is C20H23NO4. The highest BCUT2D eigenvalue weighted by atomic mass is 16.6. The topological polar surface area (TPSA) is 63.7 Å². The number of amides is 1. The lowest BCUT2D eigenvalue weighted by Crippen LogP contribution is -2.66. The Morgan fingerprint density at radius 3 is 2.92 bits per heavy atom. The molecule has 3 unspecified atom stereocenters. The molecule has 3 spiro atoms. The lowest BCUT2D eigenvalue weighted by molar-refractivity contribution is -0.171. The predicted molar refractivity (Wildman–Crippen MR) is 87.6 cm³/mol. The molecule has 2 saturated heterocycles. The Morgan fingerprint density at radius 2 is 2.12 bits per heavy atom. The minimum absolute atomic E-state index is 0.0589. The maximum atomic E-state index is 12.9. The smallest absolute Gasteiger partial charge is 0.411 e. The van der Waals surface area contributed by atoms with Crippen molar-refractivity contribution < 1.29 is 19.1 Å². The fourth-order valence-electron chi connectivity index (χ4n) is 8.66. The maximum Gasteiger partial charge on any atom is 0.411 e. The summed E-state index contributed by atoms with van der Waals surface area (Å²) in [5, 5.41) is 0. The van der Waals surface area contributed by atoms with Gasteiger partial charge in [-0.25, -0.2) is 4.79 Å². The van der Waals surface area contributed by atoms with E-state index in [2.05, 4.69) is 6.92 Å². The van der Waals surface area contributed by atoms with Crippen molar-refractivity contribution in [3.63, 3.8) is 0 Å². The van der Waals surface area contributed by atoms with Crippen molar-refractivity contribution in [3.8, 4) is 0 Å². The van der Waals surface area contributed by atoms with E-state index >= 15 is 0 Å². The van der Waals surface area contributed by atoms with Gasteiger partial charge < -0.3 is 9.53 Å². The van der Waals surface area contributed by atoms with Gasteiger partial charge in [0.25, 0.3) is 0 Å². The van der Waals surface area contributed by atoms with Gasteiger partial charge in [0.1, 0.15) is 6.29 Å². The minimum atomic E-state index is -0.781. The van der Waals surface area contributed by atoms with Gasteiger partial charge in [-0.2, -0.15) is 0 Å². The number of carbonyl (C=O) groups is 3. The van der Waals surface area contributed by atoms with Crippen molar-refractivity contribution in [1.29, 1.82) is 0 Å². The summed E-state index contributed by atoms with van der Waals surface area (Å²) >= 11 is 0. The fourth-order valence-corrected chi connectivity index (χ4v) is 8.66. The number of allylic oxidation sites excluding steroid dienone is 1. The zero-order valence-electron chi connectivity index (χ0n) is 14.5. The van der Waals surface area contributed by atoms with Gasteiger partial charge in [-0.15, -0.1) is 0 Å². The first-order valence-electron chi connectivity index (χ1n) is 9.61. The number of nitrogens with zero attached hydrogens (tertiary/aromatic N) is 1. The first-order valence-corrected chi connectivity index (χ1v) is 9.61. The van der Waals surface area contributed by atoms with Crippen LogP contribution in [-0.4, -0.2) is 41.3 Å². The summed E-state index contributed by atoms with van der Waals surface area (Å²) in [4.78, 5) is 39.7. The highest BCUT2D eigenvalue weighted by Gasteiger charge is 2.86. The first kappa shape index (κ1) is 14.5. The molecule has 3 bridgehead atoms. The molecule has 3 saturated carbocycles. The van der Waals surface area contributed by atoms with Crippen LogP contribution < -0.4 is 0 Å². The maximum absolute atomic E-state index is 12.9. The molecule has 0 aromatic rings. The first-order chi connectivity index (χ1) is 11.9. The van der Waals surface area contributed by atoms with Gasteiger partial charge in [0.15, 0.2) is 11.4 Å². The van der Waals surface area contributed by atoms with Crippen LogP contribution in [-0.2, 0) is 14.3 Å². The van der Waals surface area contributed by atoms with Gasteiger partial charge in [0.05, 0.1) is 6.04 Å². The summed E-state index contributed by atoms with van der Waals surface area (Å²) in [5.41, 5.74) is -1.47. The summed E-state index contributed by atoms with van der Waals surface area (Å²) in [6.45, 7) is 3.03. The summed E-state index contributed by atoms with van der Waals surface area (Å²) in [7, 11) is 0. The van der Waals surface area contributed by atoms with Crippen LogP contribution in [0.2, 0.25) is 0 Å². The van der Waals surface area contributed by atoms with Gasteiger partial charge in [0.2, 0.25) is 0 Å². The Bertz CT molecular complexity index is 776. The standard InChI is InChI=1S/C20H23NO4/c1-17-5-2-6-19-13(17)4-7-18(14(19)10-22)9-12(23)3-8-20(18)15(19)21(11-17)16(24)25-20/h3,8,10,13-15H,2,4-7,9,11H2,1H3/t13-,14?,15?,17+,18+,19?,20+/m1/s1. The Hall–Kier alpha value is -1.65. The number of ether oxygens (including phenoxy) is 1. The number of hydrogen-bond acceptors (Lipinski definition) is 4. The highest BCUT2D eigenvalue weighted by molar-refractivity contribution is 5.94. The van der Waals surface area contributed by atoms with Crippen LogP contribution in [0.25, 0.3) is 0 Å². The van der Waals surface area contributed by atoms with E-state index in [1.54, 1.807) is 6.08 Å². The molecule has 132 valence electrons. The van der Waals surface area contributed by atoms with Crippen LogP contribution in [0, 0.1) is 28.1 Å². The molecule has 1 amide bonds. The van der Waals surface area contributed by atoms with Gasteiger partial charge >= 0.3 is 6.09 Å². The third-order valence-electron chi connectivity index (χ3n) is 9.07. The normalized spacial score (nSPS) is 57.3. The molecule has 6 aliphatic rings. The summed E-state index contributed by atoms with van der Waals surface area (Å²) in [5.74, 6) is 0.323. The van der Waals surface area contributed by atoms with Crippen LogP contribution in [0.1, 0.15) is 45.4 Å². The van der Waals surface area contributed by atoms with E-state index < -0.39 is 11.0 Å². The number of ketones is 1. The van der Waals surface area contributed by atoms with Gasteiger partial charge in [-0.1, -0.05) is 13.3 Å². The van der Waals surface area contributed by atoms with E-state index in [-0.39, 0.29) is 34.7 Å². The fraction of sp³-hybridized carbons (Fsp3) is 0.750. The van der Waals surface area contributed by atoms with Crippen molar-refractivity contribution in [2.24, 2.45) is 28.1 Å². The molecule has 6 rings (SSSR count). The van der Waals surface area contributed by atoms with E-state index in [4.69, 9.17) is 4.74 Å². The van der Waals surface area contributed by atoms with E-state index in [1.165, 1.54) is 0 Å². The molecule has 5 heteroatoms. The molecule has 7 atom stereocenters. The second-order valence-corrected chi connectivity index (χ2v) is 9.65. The van der Waals surface area contributed by atoms with Gasteiger partial charge in [-0.3, -0.25) is 9.69 Å². The largest absolute Gasteiger partial charge is 0.436 e. The highest BCUT2D eigenvalue weighted by Crippen LogP contribution is 2.80. The van der Waals surface area contributed by atoms with Crippen LogP contribution in [0.5, 0.6) is 0 Å². The van der Waals surface area contributed by atoms with Crippen molar-refractivity contribution in [1.82, 2.24) is 4.90 Å². The van der Waals surface area contributed by atoms with E-state index in [0.717, 1.165) is 44.9 Å². The van der Waals surface area contributed by atoms with Crippen LogP contribution in [0.3, 0.4) is 0 Å². The average Bonchev–Trinajstić information content (AvgIpc) is 2.90. The molecule has 0 aromatic carbocycles. The van der Waals surface area contributed by atoms with E-state index in [0.29, 0.717) is 12.3 Å². The zero-order chi connectivity index (χ0) is 17.2. The van der Waals surface area contributed by atoms with Crippen molar-refractivity contribution >= 4 is 18.2 Å². The van der Waals surface area contributed by atoms with Crippen LogP contribution >= 0.6 is 0 Å². The van der Waals surface area contributed by atoms with Gasteiger partial charge in [-0.05, 0) is 49.2 Å². The third kappa shape index (κ3) is 1.19. The Labute approximate surface area is 146 Å². The van der Waals surface area contributed by atoms with Crippen LogP contribution in [0.4, 0.5) is 4.79 Å². The molecule has 0 radical (unpaired) electrons. The third-order valence-corrected chi connectivity index (χ3v) is 9.07. The van der Waals surface area contributed by atoms with Crippen molar-refractivity contribution in [2.45, 2.75) is 57.1 Å². The second-order valence-electron chi connectivity index (χ2n) is 9.65. The van der Waals surface area contributed by atoms with Crippen molar-refractivity contribution in [3.05, 3.63) is 12.2 Å². The Balaban J connectivity index is 1.71. The number of aldehydes is 1. The molecule has 2 heterocycles. The number of rotatable bonds is 1. The second kappa shape index (κ2) is 3.86. The monoisotopic (exact) mass is 341 g/mol. The molecule has 25 heavy (non-hydrogen) atoms. The Morgan fingerprint density at radius 1 is 1.28 bits per heavy atom. The van der Waals surface area contributed by atoms with E-state index in [1.807, 2.05) is 11.0 Å². The predicted octanol–water partition coefficient (Wildman–Crippen LogP) is 2.49. The quantitative estimate of drug-likeness (QED) is 0.688. The lowest BCUT2D eigenvalue weighted by atomic mass is 9.43. The Kier molecular flexibility index (Phi) is 2.24. The molecule has 4 aliphatic carbocycles. The molecule has 0 aromatic heterocycles. The van der Waals surface area contributed by atoms with E-state index in [9.17, 15) is 14.4 Å². The molecule has 0 N–H and O–H groups in total. The lowest BCUT2D eigenvalue weighted by Gasteiger charge is -2.64. The SMILES string of the molecule is C[C@@]12CCCC34C(C=O)[C@]5(CC[C@@H]31)CC(=O)C=C[C@@]51OC(=O)N(C2)C41. The summed E-state index contributed by atoms with van der Waals surface area (Å²) < 4.78 is 6.13. The molecule has 5 fully saturated rings. The number of hydrogen-bond donors (Lipinski definition) is 0. The zero-order valence-corrected chi connectivity index (χ0v) is 14.5. The molecule has 5 nitrogen and oxygen atoms in total.